The van der Waals surface area contributed by atoms with Crippen LogP contribution in [-0.4, -0.2) is 59.5 Å². The lowest BCUT2D eigenvalue weighted by Crippen LogP contribution is -2.69. The molecule has 26 heavy (non-hydrogen) atoms. The fraction of sp³-hybridized carbons (Fsp3) is 0.611. The first-order valence-electron chi connectivity index (χ1n) is 9.28. The van der Waals surface area contributed by atoms with Gasteiger partial charge in [-0.25, -0.2) is 4.79 Å². The molecular weight excluding hydrogens is 336 g/mol. The van der Waals surface area contributed by atoms with E-state index in [-0.39, 0.29) is 29.5 Å². The minimum Gasteiger partial charge on any atom is -0.477 e. The third-order valence-corrected chi connectivity index (χ3v) is 6.02. The normalized spacial score (nSPS) is 31.5. The van der Waals surface area contributed by atoms with Crippen LogP contribution < -0.4 is 16.4 Å². The van der Waals surface area contributed by atoms with Crippen molar-refractivity contribution in [3.05, 3.63) is 22.4 Å². The molecule has 140 valence electrons. The Hall–Kier alpha value is -2.19. The Morgan fingerprint density at radius 2 is 1.85 bits per heavy atom. The second-order valence-corrected chi connectivity index (χ2v) is 7.39. The largest absolute Gasteiger partial charge is 0.477 e. The number of nitrogens with zero attached hydrogens (tertiary/aromatic N) is 1. The smallest absolute Gasteiger partial charge is 0.352 e. The van der Waals surface area contributed by atoms with Crippen LogP contribution in [0, 0.1) is 5.92 Å². The van der Waals surface area contributed by atoms with Crippen molar-refractivity contribution < 1.29 is 19.5 Å². The number of carbonyl (C=O) groups excluding carboxylic acids is 2. The lowest BCUT2D eigenvalue weighted by molar-refractivity contribution is -0.152. The zero-order valence-corrected chi connectivity index (χ0v) is 14.6. The Morgan fingerprint density at radius 3 is 2.46 bits per heavy atom. The van der Waals surface area contributed by atoms with Crippen LogP contribution in [0.2, 0.25) is 0 Å². The molecule has 0 aromatic rings. The highest BCUT2D eigenvalue weighted by atomic mass is 16.4. The fourth-order valence-electron chi connectivity index (χ4n) is 4.77. The van der Waals surface area contributed by atoms with Crippen molar-refractivity contribution in [3.8, 4) is 0 Å². The molecule has 4 aliphatic rings. The number of hydrogen-bond acceptors (Lipinski definition) is 5. The van der Waals surface area contributed by atoms with Crippen LogP contribution in [0.5, 0.6) is 0 Å². The van der Waals surface area contributed by atoms with Gasteiger partial charge < -0.3 is 21.5 Å². The standard InChI is InChI=1S/C18H24N4O4/c19-14-12-2-1-10(15(18(25)26)22(12)17(14)24)13(9-3-6-20-7-4-9)11-5-8-21-16(11)23/h9,12,14,20H,1-8,19H2,(H,21,23)(H,25,26)/t12-,14+/m1/s1. The molecule has 0 unspecified atom stereocenters. The van der Waals surface area contributed by atoms with Crippen LogP contribution in [0.4, 0.5) is 0 Å². The molecule has 0 aliphatic carbocycles. The van der Waals surface area contributed by atoms with Crippen molar-refractivity contribution in [2.45, 2.75) is 44.2 Å². The molecule has 0 bridgehead atoms. The number of carboxylic acid groups (broad SMARTS) is 1. The van der Waals surface area contributed by atoms with Crippen LogP contribution >= 0.6 is 0 Å². The van der Waals surface area contributed by atoms with Crippen molar-refractivity contribution in [2.75, 3.05) is 19.6 Å². The Morgan fingerprint density at radius 1 is 1.12 bits per heavy atom. The number of allylic oxidation sites excluding steroid dienone is 2. The molecule has 4 rings (SSSR count). The Balaban J connectivity index is 1.85. The molecule has 8 nitrogen and oxygen atoms in total. The minimum absolute atomic E-state index is 0.0358. The van der Waals surface area contributed by atoms with Crippen molar-refractivity contribution in [3.63, 3.8) is 0 Å². The summed E-state index contributed by atoms with van der Waals surface area (Å²) in [5, 5.41) is 16.0. The van der Waals surface area contributed by atoms with Gasteiger partial charge in [-0.05, 0) is 62.3 Å². The maximum absolute atomic E-state index is 12.4. The summed E-state index contributed by atoms with van der Waals surface area (Å²) in [6.07, 6.45) is 3.51. The molecule has 0 spiro atoms. The maximum atomic E-state index is 12.4. The molecule has 8 heteroatoms. The Labute approximate surface area is 151 Å². The first kappa shape index (κ1) is 17.2. The predicted octanol–water partition coefficient (Wildman–Crippen LogP) is -0.527. The second-order valence-electron chi connectivity index (χ2n) is 7.39. The maximum Gasteiger partial charge on any atom is 0.352 e. The summed E-state index contributed by atoms with van der Waals surface area (Å²) in [5.74, 6) is -1.42. The number of fused-ring (bicyclic) bond motifs is 1. The molecule has 0 radical (unpaired) electrons. The quantitative estimate of drug-likeness (QED) is 0.396. The average Bonchev–Trinajstić information content (AvgIpc) is 3.07. The summed E-state index contributed by atoms with van der Waals surface area (Å²) in [6.45, 7) is 2.26. The van der Waals surface area contributed by atoms with E-state index in [2.05, 4.69) is 10.6 Å². The molecule has 3 saturated heterocycles. The highest BCUT2D eigenvalue weighted by molar-refractivity contribution is 6.02. The van der Waals surface area contributed by atoms with Gasteiger partial charge in [-0.15, -0.1) is 0 Å². The number of hydrogen-bond donors (Lipinski definition) is 4. The third kappa shape index (κ3) is 2.55. The summed E-state index contributed by atoms with van der Waals surface area (Å²) in [7, 11) is 0. The number of rotatable bonds is 3. The molecule has 0 aromatic carbocycles. The van der Waals surface area contributed by atoms with Crippen LogP contribution in [0.3, 0.4) is 0 Å². The number of β-lactam (4-membered cyclic amide) rings is 1. The molecule has 5 N–H and O–H groups in total. The number of nitrogens with two attached hydrogens (primary N) is 1. The summed E-state index contributed by atoms with van der Waals surface area (Å²) < 4.78 is 0. The number of piperidine rings is 1. The third-order valence-electron chi connectivity index (χ3n) is 6.02. The molecule has 2 amide bonds. The first-order chi connectivity index (χ1) is 12.5. The van der Waals surface area contributed by atoms with Crippen LogP contribution in [0.1, 0.15) is 32.1 Å². The van der Waals surface area contributed by atoms with Gasteiger partial charge in [-0.2, -0.15) is 0 Å². The fourth-order valence-corrected chi connectivity index (χ4v) is 4.77. The summed E-state index contributed by atoms with van der Waals surface area (Å²) in [6, 6.07) is -0.857. The molecule has 0 saturated carbocycles. The summed E-state index contributed by atoms with van der Waals surface area (Å²) in [5.41, 5.74) is 8.11. The van der Waals surface area contributed by atoms with Gasteiger partial charge in [0.15, 0.2) is 0 Å². The van der Waals surface area contributed by atoms with Gasteiger partial charge in [0, 0.05) is 12.1 Å². The molecule has 3 fully saturated rings. The van der Waals surface area contributed by atoms with E-state index in [9.17, 15) is 19.5 Å². The molecule has 4 heterocycles. The van der Waals surface area contributed by atoms with Gasteiger partial charge in [-0.3, -0.25) is 14.5 Å². The van der Waals surface area contributed by atoms with Crippen molar-refractivity contribution >= 4 is 17.8 Å². The molecule has 0 aromatic heterocycles. The number of nitrogens with one attached hydrogen (secondary N) is 2. The first-order valence-corrected chi connectivity index (χ1v) is 9.28. The number of amides is 2. The van der Waals surface area contributed by atoms with E-state index >= 15 is 0 Å². The lowest BCUT2D eigenvalue weighted by atomic mass is 9.75. The van der Waals surface area contributed by atoms with Gasteiger partial charge in [-0.1, -0.05) is 0 Å². The van der Waals surface area contributed by atoms with Crippen LogP contribution in [0.15, 0.2) is 22.4 Å². The zero-order valence-electron chi connectivity index (χ0n) is 14.6. The zero-order chi connectivity index (χ0) is 18.4. The molecular formula is C18H24N4O4. The van der Waals surface area contributed by atoms with Gasteiger partial charge in [0.05, 0.1) is 6.04 Å². The van der Waals surface area contributed by atoms with E-state index in [0.717, 1.165) is 31.5 Å². The van der Waals surface area contributed by atoms with Gasteiger partial charge in [0.2, 0.25) is 11.8 Å². The lowest BCUT2D eigenvalue weighted by Gasteiger charge is -2.49. The van der Waals surface area contributed by atoms with Gasteiger partial charge in [0.1, 0.15) is 11.7 Å². The number of carboxylic acids is 1. The monoisotopic (exact) mass is 360 g/mol. The number of aliphatic carboxylic acids is 1. The van der Waals surface area contributed by atoms with E-state index in [1.54, 1.807) is 0 Å². The van der Waals surface area contributed by atoms with Crippen molar-refractivity contribution in [1.82, 2.24) is 15.5 Å². The molecule has 2 atom stereocenters. The van der Waals surface area contributed by atoms with E-state index in [1.807, 2.05) is 0 Å². The minimum atomic E-state index is -1.12. The Kier molecular flexibility index (Phi) is 4.32. The summed E-state index contributed by atoms with van der Waals surface area (Å²) in [4.78, 5) is 38.0. The van der Waals surface area contributed by atoms with E-state index < -0.39 is 12.0 Å². The van der Waals surface area contributed by atoms with Crippen molar-refractivity contribution in [1.29, 1.82) is 0 Å². The van der Waals surface area contributed by atoms with Gasteiger partial charge >= 0.3 is 5.97 Å². The van der Waals surface area contributed by atoms with E-state index in [0.29, 0.717) is 37.0 Å². The van der Waals surface area contributed by atoms with E-state index in [1.165, 1.54) is 4.90 Å². The SMILES string of the molecule is N[C@@H]1C(=O)N2C(C(=O)O)=C(C(=C3CCNC3=O)C3CCNCC3)CC[C@H]12. The summed E-state index contributed by atoms with van der Waals surface area (Å²) >= 11 is 0. The Bertz CT molecular complexity index is 735. The predicted molar refractivity (Wildman–Crippen MR) is 92.8 cm³/mol. The van der Waals surface area contributed by atoms with Crippen LogP contribution in [0.25, 0.3) is 0 Å². The van der Waals surface area contributed by atoms with Crippen LogP contribution in [-0.2, 0) is 14.4 Å². The van der Waals surface area contributed by atoms with E-state index in [4.69, 9.17) is 5.73 Å². The van der Waals surface area contributed by atoms with Gasteiger partial charge in [0.25, 0.3) is 0 Å². The topological polar surface area (TPSA) is 125 Å². The highest BCUT2D eigenvalue weighted by Crippen LogP contribution is 2.43. The molecule has 4 aliphatic heterocycles. The van der Waals surface area contributed by atoms with Crippen molar-refractivity contribution in [2.24, 2.45) is 11.7 Å². The number of carbonyl (C=O) groups is 3. The highest BCUT2D eigenvalue weighted by Gasteiger charge is 2.51. The second kappa shape index (κ2) is 6.51. The average molecular weight is 360 g/mol.